The van der Waals surface area contributed by atoms with Crippen molar-refractivity contribution in [3.05, 3.63) is 0 Å². The van der Waals surface area contributed by atoms with Crippen molar-refractivity contribution < 1.29 is 8.98 Å². The summed E-state index contributed by atoms with van der Waals surface area (Å²) in [5.74, 6) is 0.791. The van der Waals surface area contributed by atoms with Crippen molar-refractivity contribution in [3.8, 4) is 0 Å². The van der Waals surface area contributed by atoms with Crippen LogP contribution in [0.25, 0.3) is 0 Å². The SMILES string of the molecule is CCCCCCCCCCCCCCCC(=O)OSCCN(C)C. The van der Waals surface area contributed by atoms with Crippen LogP contribution in [0.15, 0.2) is 0 Å². The Hall–Kier alpha value is -0.220. The van der Waals surface area contributed by atoms with E-state index in [1.165, 1.54) is 82.7 Å². The van der Waals surface area contributed by atoms with E-state index in [9.17, 15) is 4.79 Å². The number of unbranched alkanes of at least 4 members (excludes halogenated alkanes) is 12. The average Bonchev–Trinajstić information content (AvgIpc) is 2.55. The van der Waals surface area contributed by atoms with Crippen LogP contribution in [0.1, 0.15) is 96.8 Å². The molecule has 0 N–H and O–H groups in total. The zero-order valence-corrected chi connectivity index (χ0v) is 17.3. The lowest BCUT2D eigenvalue weighted by Crippen LogP contribution is -2.15. The molecule has 0 amide bonds. The average molecular weight is 360 g/mol. The van der Waals surface area contributed by atoms with Crippen molar-refractivity contribution in [3.63, 3.8) is 0 Å². The van der Waals surface area contributed by atoms with Crippen molar-refractivity contribution in [2.24, 2.45) is 0 Å². The molecule has 0 rings (SSSR count). The quantitative estimate of drug-likeness (QED) is 0.214. The van der Waals surface area contributed by atoms with Crippen LogP contribution in [0.2, 0.25) is 0 Å². The van der Waals surface area contributed by atoms with Crippen LogP contribution in [0.4, 0.5) is 0 Å². The zero-order chi connectivity index (χ0) is 17.9. The van der Waals surface area contributed by atoms with Crippen LogP contribution in [-0.4, -0.2) is 37.3 Å². The number of hydrogen-bond acceptors (Lipinski definition) is 4. The van der Waals surface area contributed by atoms with Gasteiger partial charge in [0.2, 0.25) is 0 Å². The number of nitrogens with zero attached hydrogens (tertiary/aromatic N) is 1. The summed E-state index contributed by atoms with van der Waals surface area (Å²) in [7, 11) is 4.05. The van der Waals surface area contributed by atoms with Crippen LogP contribution in [0, 0.1) is 0 Å². The minimum Gasteiger partial charge on any atom is -0.391 e. The van der Waals surface area contributed by atoms with E-state index >= 15 is 0 Å². The molecule has 3 nitrogen and oxygen atoms in total. The zero-order valence-electron chi connectivity index (χ0n) is 16.5. The van der Waals surface area contributed by atoms with Crippen LogP contribution < -0.4 is 0 Å². The molecule has 0 aliphatic carbocycles. The molecule has 4 heteroatoms. The molecule has 24 heavy (non-hydrogen) atoms. The largest absolute Gasteiger partial charge is 0.391 e. The lowest BCUT2D eigenvalue weighted by molar-refractivity contribution is -0.133. The number of carbonyl (C=O) groups excluding carboxylic acids is 1. The fourth-order valence-corrected chi connectivity index (χ4v) is 3.39. The standard InChI is InChI=1S/C20H41NO2S/c1-4-5-6-7-8-9-10-11-12-13-14-15-16-17-20(22)23-24-19-18-21(2)3/h4-19H2,1-3H3. The Bertz CT molecular complexity index is 272. The van der Waals surface area contributed by atoms with Crippen molar-refractivity contribution in [2.75, 3.05) is 26.4 Å². The maximum absolute atomic E-state index is 11.5. The maximum Gasteiger partial charge on any atom is 0.317 e. The first-order valence-corrected chi connectivity index (χ1v) is 11.0. The highest BCUT2D eigenvalue weighted by Gasteiger charge is 2.03. The van der Waals surface area contributed by atoms with E-state index in [0.29, 0.717) is 6.42 Å². The minimum absolute atomic E-state index is 0.0539. The molecule has 0 bridgehead atoms. The first kappa shape index (κ1) is 23.8. The molecule has 0 saturated carbocycles. The summed E-state index contributed by atoms with van der Waals surface area (Å²) in [6.45, 7) is 3.21. The van der Waals surface area contributed by atoms with Crippen molar-refractivity contribution in [2.45, 2.75) is 96.8 Å². The van der Waals surface area contributed by atoms with Crippen molar-refractivity contribution in [1.82, 2.24) is 4.90 Å². The van der Waals surface area contributed by atoms with Gasteiger partial charge in [0.1, 0.15) is 0 Å². The first-order chi connectivity index (χ1) is 11.7. The summed E-state index contributed by atoms with van der Waals surface area (Å²) in [5.41, 5.74) is 0. The van der Waals surface area contributed by atoms with Gasteiger partial charge in [0.05, 0.1) is 12.0 Å². The van der Waals surface area contributed by atoms with Gasteiger partial charge in [0.25, 0.3) is 0 Å². The lowest BCUT2D eigenvalue weighted by atomic mass is 10.0. The molecule has 0 aromatic rings. The van der Waals surface area contributed by atoms with Crippen molar-refractivity contribution >= 4 is 18.0 Å². The molecule has 0 fully saturated rings. The van der Waals surface area contributed by atoms with Crippen LogP contribution >= 0.6 is 12.0 Å². The molecule has 144 valence electrons. The van der Waals surface area contributed by atoms with Gasteiger partial charge < -0.3 is 9.08 Å². The molecule has 0 saturated heterocycles. The second kappa shape index (κ2) is 19.1. The van der Waals surface area contributed by atoms with Gasteiger partial charge in [0, 0.05) is 18.7 Å². The molecule has 0 aromatic heterocycles. The van der Waals surface area contributed by atoms with E-state index in [4.69, 9.17) is 4.18 Å². The number of carbonyl (C=O) groups is 1. The van der Waals surface area contributed by atoms with Gasteiger partial charge in [-0.15, -0.1) is 0 Å². The van der Waals surface area contributed by atoms with Crippen molar-refractivity contribution in [1.29, 1.82) is 0 Å². The Morgan fingerprint density at radius 1 is 0.792 bits per heavy atom. The van der Waals surface area contributed by atoms with Crippen LogP contribution in [0.3, 0.4) is 0 Å². The Balaban J connectivity index is 3.12. The summed E-state index contributed by atoms with van der Waals surface area (Å²) in [6, 6.07) is 0. The fourth-order valence-electron chi connectivity index (χ4n) is 2.66. The van der Waals surface area contributed by atoms with Crippen LogP contribution in [0.5, 0.6) is 0 Å². The van der Waals surface area contributed by atoms with Gasteiger partial charge in [-0.05, 0) is 20.5 Å². The second-order valence-corrected chi connectivity index (χ2v) is 7.88. The highest BCUT2D eigenvalue weighted by atomic mass is 32.2. The van der Waals surface area contributed by atoms with E-state index in [1.807, 2.05) is 14.1 Å². The number of hydrogen-bond donors (Lipinski definition) is 0. The van der Waals surface area contributed by atoms with E-state index in [-0.39, 0.29) is 5.97 Å². The Morgan fingerprint density at radius 2 is 1.25 bits per heavy atom. The molecule has 0 aromatic carbocycles. The Morgan fingerprint density at radius 3 is 1.71 bits per heavy atom. The summed E-state index contributed by atoms with van der Waals surface area (Å²) >= 11 is 1.28. The van der Waals surface area contributed by atoms with E-state index in [1.54, 1.807) is 0 Å². The molecule has 0 atom stereocenters. The molecule has 0 aliphatic rings. The fraction of sp³-hybridized carbons (Fsp3) is 0.950. The molecular weight excluding hydrogens is 318 g/mol. The predicted octanol–water partition coefficient (Wildman–Crippen LogP) is 6.22. The normalized spacial score (nSPS) is 11.2. The third-order valence-corrected chi connectivity index (χ3v) is 4.91. The predicted molar refractivity (Wildman–Crippen MR) is 107 cm³/mol. The topological polar surface area (TPSA) is 29.5 Å². The summed E-state index contributed by atoms with van der Waals surface area (Å²) in [4.78, 5) is 13.6. The third-order valence-electron chi connectivity index (χ3n) is 4.26. The second-order valence-electron chi connectivity index (χ2n) is 7.07. The third kappa shape index (κ3) is 19.8. The lowest BCUT2D eigenvalue weighted by Gasteiger charge is -2.08. The maximum atomic E-state index is 11.5. The van der Waals surface area contributed by atoms with E-state index < -0.39 is 0 Å². The van der Waals surface area contributed by atoms with E-state index in [0.717, 1.165) is 25.1 Å². The first-order valence-electron chi connectivity index (χ1n) is 10.1. The van der Waals surface area contributed by atoms with Gasteiger partial charge in [-0.1, -0.05) is 84.0 Å². The van der Waals surface area contributed by atoms with Gasteiger partial charge >= 0.3 is 5.97 Å². The molecule has 0 unspecified atom stereocenters. The van der Waals surface area contributed by atoms with E-state index in [2.05, 4.69) is 11.8 Å². The summed E-state index contributed by atoms with van der Waals surface area (Å²) in [5, 5.41) is 0. The molecule has 0 radical (unpaired) electrons. The molecule has 0 aliphatic heterocycles. The Labute approximate surface area is 155 Å². The smallest absolute Gasteiger partial charge is 0.317 e. The van der Waals surface area contributed by atoms with Gasteiger partial charge in [-0.3, -0.25) is 4.79 Å². The highest BCUT2D eigenvalue weighted by molar-refractivity contribution is 7.95. The Kier molecular flexibility index (Phi) is 18.9. The molecule has 0 heterocycles. The molecular formula is C20H41NO2S. The molecule has 0 spiro atoms. The van der Waals surface area contributed by atoms with Gasteiger partial charge in [-0.25, -0.2) is 0 Å². The van der Waals surface area contributed by atoms with Gasteiger partial charge in [-0.2, -0.15) is 0 Å². The summed E-state index contributed by atoms with van der Waals surface area (Å²) in [6.07, 6.45) is 17.9. The minimum atomic E-state index is -0.0539. The van der Waals surface area contributed by atoms with Gasteiger partial charge in [0.15, 0.2) is 0 Å². The summed E-state index contributed by atoms with van der Waals surface area (Å²) < 4.78 is 5.15. The number of rotatable bonds is 18. The monoisotopic (exact) mass is 359 g/mol. The van der Waals surface area contributed by atoms with Crippen LogP contribution in [-0.2, 0) is 8.98 Å². The highest BCUT2D eigenvalue weighted by Crippen LogP contribution is 2.13.